The number of amides is 2. The second-order valence-electron chi connectivity index (χ2n) is 7.87. The number of anilines is 1. The molecule has 2 unspecified atom stereocenters. The van der Waals surface area contributed by atoms with Gasteiger partial charge in [0.25, 0.3) is 5.91 Å². The molecule has 3 rings (SSSR count). The zero-order chi connectivity index (χ0) is 22.1. The van der Waals surface area contributed by atoms with Crippen molar-refractivity contribution >= 4 is 27.5 Å². The van der Waals surface area contributed by atoms with E-state index in [0.29, 0.717) is 5.69 Å². The molecular formula is C20H24N2O7S. The van der Waals surface area contributed by atoms with Gasteiger partial charge in [0.1, 0.15) is 6.10 Å². The third-order valence-corrected chi connectivity index (χ3v) is 7.62. The topological polar surface area (TPSA) is 133 Å². The molecule has 162 valence electrons. The highest BCUT2D eigenvalue weighted by atomic mass is 32.2. The third kappa shape index (κ3) is 4.43. The number of rotatable bonds is 6. The first-order valence-electron chi connectivity index (χ1n) is 9.44. The van der Waals surface area contributed by atoms with Crippen molar-refractivity contribution in [3.63, 3.8) is 0 Å². The number of sulfone groups is 1. The van der Waals surface area contributed by atoms with Gasteiger partial charge in [-0.25, -0.2) is 18.7 Å². The van der Waals surface area contributed by atoms with Crippen molar-refractivity contribution in [3.05, 3.63) is 29.8 Å². The van der Waals surface area contributed by atoms with E-state index in [2.05, 4.69) is 11.8 Å². The summed E-state index contributed by atoms with van der Waals surface area (Å²) in [5.74, 6) is 5.56. The van der Waals surface area contributed by atoms with Gasteiger partial charge in [-0.15, -0.1) is 0 Å². The second-order valence-corrected chi connectivity index (χ2v) is 10.3. The molecule has 0 aromatic heterocycles. The second kappa shape index (κ2) is 8.26. The van der Waals surface area contributed by atoms with Crippen LogP contribution in [0, 0.1) is 23.7 Å². The van der Waals surface area contributed by atoms with Crippen LogP contribution in [0.3, 0.4) is 0 Å². The van der Waals surface area contributed by atoms with E-state index in [-0.39, 0.29) is 31.4 Å². The van der Waals surface area contributed by atoms with Crippen LogP contribution in [0.15, 0.2) is 24.3 Å². The van der Waals surface area contributed by atoms with E-state index in [0.717, 1.165) is 18.2 Å². The van der Waals surface area contributed by atoms with Gasteiger partial charge in [-0.3, -0.25) is 14.9 Å². The molecule has 3 N–H and O–H groups in total. The molecule has 2 aliphatic rings. The molecule has 4 atom stereocenters. The van der Waals surface area contributed by atoms with Gasteiger partial charge in [-0.2, -0.15) is 0 Å². The minimum atomic E-state index is -3.90. The standard InChI is InChI=1S/C20H24N2O7S/c1-20(18(24)21-26,30(2,27)28)10-17-11-22(19(25)29-17)16-7-4-13(5-8-16)3-6-14-9-15(14)12-23/h4-5,7-8,14-15,17,23,26H,9-12H2,1-2H3,(H,21,24)/t14?,15?,17-,20+/m0/s1. The lowest BCUT2D eigenvalue weighted by molar-refractivity contribution is -0.132. The molecule has 1 heterocycles. The molecule has 10 heteroatoms. The van der Waals surface area contributed by atoms with Crippen LogP contribution in [0.5, 0.6) is 0 Å². The summed E-state index contributed by atoms with van der Waals surface area (Å²) in [6, 6.07) is 6.94. The van der Waals surface area contributed by atoms with Crippen molar-refractivity contribution in [2.45, 2.75) is 30.6 Å². The van der Waals surface area contributed by atoms with Crippen molar-refractivity contribution in [2.75, 3.05) is 24.3 Å². The fourth-order valence-electron chi connectivity index (χ4n) is 3.33. The number of aliphatic hydroxyl groups excluding tert-OH is 1. The number of hydrogen-bond donors (Lipinski definition) is 3. The molecule has 2 fully saturated rings. The molecule has 0 radical (unpaired) electrons. The number of cyclic esters (lactones) is 1. The van der Waals surface area contributed by atoms with E-state index in [1.807, 2.05) is 0 Å². The number of ether oxygens (including phenoxy) is 1. The van der Waals surface area contributed by atoms with E-state index in [4.69, 9.17) is 15.1 Å². The number of nitrogens with zero attached hydrogens (tertiary/aromatic N) is 1. The Morgan fingerprint density at radius 1 is 1.37 bits per heavy atom. The van der Waals surface area contributed by atoms with E-state index in [1.165, 1.54) is 17.3 Å². The van der Waals surface area contributed by atoms with Crippen LogP contribution in [0.4, 0.5) is 10.5 Å². The lowest BCUT2D eigenvalue weighted by atomic mass is 10.0. The summed E-state index contributed by atoms with van der Waals surface area (Å²) >= 11 is 0. The number of nitrogens with one attached hydrogen (secondary N) is 1. The fraction of sp³-hybridized carbons (Fsp3) is 0.500. The van der Waals surface area contributed by atoms with Gasteiger partial charge in [-0.05, 0) is 43.5 Å². The number of hydrogen-bond acceptors (Lipinski definition) is 7. The third-order valence-electron chi connectivity index (χ3n) is 5.63. The molecule has 9 nitrogen and oxygen atoms in total. The average molecular weight is 436 g/mol. The summed E-state index contributed by atoms with van der Waals surface area (Å²) in [6.45, 7) is 1.39. The summed E-state index contributed by atoms with van der Waals surface area (Å²) in [6.07, 6.45) is 0.00364. The van der Waals surface area contributed by atoms with Gasteiger partial charge in [0.05, 0.1) is 6.54 Å². The minimum absolute atomic E-state index is 0.0634. The van der Waals surface area contributed by atoms with Crippen LogP contribution < -0.4 is 10.4 Å². The highest BCUT2D eigenvalue weighted by molar-refractivity contribution is 7.92. The summed E-state index contributed by atoms with van der Waals surface area (Å²) in [4.78, 5) is 25.6. The predicted molar refractivity (Wildman–Crippen MR) is 107 cm³/mol. The summed E-state index contributed by atoms with van der Waals surface area (Å²) < 4.78 is 27.5. The van der Waals surface area contributed by atoms with Crippen LogP contribution >= 0.6 is 0 Å². The molecule has 1 saturated carbocycles. The molecule has 0 bridgehead atoms. The monoisotopic (exact) mass is 436 g/mol. The quantitative estimate of drug-likeness (QED) is 0.339. The minimum Gasteiger partial charge on any atom is -0.444 e. The van der Waals surface area contributed by atoms with E-state index in [1.54, 1.807) is 24.3 Å². The number of benzene rings is 1. The zero-order valence-electron chi connectivity index (χ0n) is 16.7. The van der Waals surface area contributed by atoms with Gasteiger partial charge >= 0.3 is 6.09 Å². The van der Waals surface area contributed by atoms with Crippen LogP contribution in [0.25, 0.3) is 0 Å². The van der Waals surface area contributed by atoms with E-state index in [9.17, 15) is 18.0 Å². The Kier molecular flexibility index (Phi) is 6.08. The van der Waals surface area contributed by atoms with Crippen molar-refractivity contribution in [2.24, 2.45) is 11.8 Å². The highest BCUT2D eigenvalue weighted by Gasteiger charge is 2.48. The Morgan fingerprint density at radius 3 is 2.57 bits per heavy atom. The first-order chi connectivity index (χ1) is 14.1. The van der Waals surface area contributed by atoms with Gasteiger partial charge in [-0.1, -0.05) is 11.8 Å². The molecule has 1 aliphatic carbocycles. The Balaban J connectivity index is 1.69. The Morgan fingerprint density at radius 2 is 2.03 bits per heavy atom. The van der Waals surface area contributed by atoms with Crippen LogP contribution in [0.1, 0.15) is 25.3 Å². The SMILES string of the molecule is C[C@@](C[C@H]1CN(c2ccc(C#CC3CC3CO)cc2)C(=O)O1)(C(=O)NO)S(C)(=O)=O. The zero-order valence-corrected chi connectivity index (χ0v) is 17.5. The molecule has 1 aromatic rings. The predicted octanol–water partition coefficient (Wildman–Crippen LogP) is 0.691. The van der Waals surface area contributed by atoms with E-state index >= 15 is 0 Å². The van der Waals surface area contributed by atoms with E-state index < -0.39 is 32.7 Å². The number of hydroxylamine groups is 1. The summed E-state index contributed by atoms with van der Waals surface area (Å²) in [7, 11) is -3.90. The molecule has 30 heavy (non-hydrogen) atoms. The van der Waals surface area contributed by atoms with Crippen LogP contribution in [-0.4, -0.2) is 61.0 Å². The number of carbonyl (C=O) groups excluding carboxylic acids is 2. The largest absolute Gasteiger partial charge is 0.444 e. The molecule has 2 amide bonds. The van der Waals surface area contributed by atoms with Gasteiger partial charge in [0, 0.05) is 36.5 Å². The Hall–Kier alpha value is -2.61. The molecular weight excluding hydrogens is 412 g/mol. The van der Waals surface area contributed by atoms with Gasteiger partial charge < -0.3 is 9.84 Å². The van der Waals surface area contributed by atoms with Gasteiger partial charge in [0.2, 0.25) is 0 Å². The highest BCUT2D eigenvalue weighted by Crippen LogP contribution is 2.37. The molecule has 0 spiro atoms. The number of carbonyl (C=O) groups is 2. The number of aliphatic hydroxyl groups is 1. The van der Waals surface area contributed by atoms with Crippen molar-refractivity contribution in [3.8, 4) is 11.8 Å². The molecule has 1 saturated heterocycles. The van der Waals surface area contributed by atoms with Crippen molar-refractivity contribution < 1.29 is 33.1 Å². The average Bonchev–Trinajstić information content (AvgIpc) is 3.38. The maximum atomic E-state index is 12.3. The lowest BCUT2D eigenvalue weighted by Gasteiger charge is -2.26. The first kappa shape index (κ1) is 22.1. The van der Waals surface area contributed by atoms with Crippen molar-refractivity contribution in [1.82, 2.24) is 5.48 Å². The maximum Gasteiger partial charge on any atom is 0.414 e. The molecule has 1 aliphatic heterocycles. The Bertz CT molecular complexity index is 996. The normalized spacial score (nSPS) is 25.0. The Labute approximate surface area is 174 Å². The van der Waals surface area contributed by atoms with Crippen LogP contribution in [0.2, 0.25) is 0 Å². The summed E-state index contributed by atoms with van der Waals surface area (Å²) in [5.41, 5.74) is 2.71. The lowest BCUT2D eigenvalue weighted by Crippen LogP contribution is -2.51. The van der Waals surface area contributed by atoms with Gasteiger partial charge in [0.15, 0.2) is 14.6 Å². The first-order valence-corrected chi connectivity index (χ1v) is 11.3. The van der Waals surface area contributed by atoms with Crippen LogP contribution in [-0.2, 0) is 19.4 Å². The smallest absolute Gasteiger partial charge is 0.414 e. The summed E-state index contributed by atoms with van der Waals surface area (Å²) in [5, 5.41) is 18.0. The van der Waals surface area contributed by atoms with Crippen molar-refractivity contribution in [1.29, 1.82) is 0 Å². The molecule has 1 aromatic carbocycles. The fourth-order valence-corrected chi connectivity index (χ4v) is 4.20. The maximum absolute atomic E-state index is 12.3.